The van der Waals surface area contributed by atoms with Gasteiger partial charge in [0.2, 0.25) is 0 Å². The molecule has 0 bridgehead atoms. The molecule has 1 aliphatic heterocycles. The van der Waals surface area contributed by atoms with Gasteiger partial charge in [-0.1, -0.05) is 60.7 Å². The summed E-state index contributed by atoms with van der Waals surface area (Å²) in [4.78, 5) is 37.9. The Hall–Kier alpha value is -4.11. The minimum absolute atomic E-state index is 0.0263. The zero-order valence-corrected chi connectivity index (χ0v) is 17.7. The average molecular weight is 446 g/mol. The fourth-order valence-electron chi connectivity index (χ4n) is 4.20. The lowest BCUT2D eigenvalue weighted by molar-refractivity contribution is -0.394. The van der Waals surface area contributed by atoms with Gasteiger partial charge in [-0.15, -0.1) is 0 Å². The van der Waals surface area contributed by atoms with E-state index >= 15 is 0 Å². The summed E-state index contributed by atoms with van der Waals surface area (Å²) in [5.41, 5.74) is 1.19. The van der Waals surface area contributed by atoms with Crippen LogP contribution in [-0.4, -0.2) is 51.7 Å². The van der Waals surface area contributed by atoms with Gasteiger partial charge in [0.1, 0.15) is 5.56 Å². The van der Waals surface area contributed by atoms with Crippen LogP contribution in [-0.2, 0) is 0 Å². The number of carbonyl (C=O) groups is 1. The third kappa shape index (κ3) is 4.73. The lowest BCUT2D eigenvalue weighted by Gasteiger charge is -2.39. The molecule has 1 aliphatic rings. The first-order valence-electron chi connectivity index (χ1n) is 10.5. The largest absolute Gasteiger partial charge is 0.336 e. The molecule has 1 heterocycles. The molecule has 0 atom stereocenters. The lowest BCUT2D eigenvalue weighted by Crippen LogP contribution is -2.50. The zero-order valence-electron chi connectivity index (χ0n) is 17.7. The smallest absolute Gasteiger partial charge is 0.289 e. The minimum atomic E-state index is -0.753. The maximum absolute atomic E-state index is 13.1. The van der Waals surface area contributed by atoms with E-state index in [0.29, 0.717) is 26.2 Å². The van der Waals surface area contributed by atoms with Crippen molar-refractivity contribution in [2.75, 3.05) is 26.2 Å². The van der Waals surface area contributed by atoms with Gasteiger partial charge in [-0.05, 0) is 17.2 Å². The Balaban J connectivity index is 1.54. The number of piperazine rings is 1. The van der Waals surface area contributed by atoms with Gasteiger partial charge in [0, 0.05) is 32.2 Å². The molecular weight excluding hydrogens is 424 g/mol. The fraction of sp³-hybridized carbons (Fsp3) is 0.208. The summed E-state index contributed by atoms with van der Waals surface area (Å²) < 4.78 is 0. The second-order valence-corrected chi connectivity index (χ2v) is 7.77. The van der Waals surface area contributed by atoms with Crippen molar-refractivity contribution < 1.29 is 14.6 Å². The van der Waals surface area contributed by atoms with Crippen LogP contribution in [0.2, 0.25) is 0 Å². The van der Waals surface area contributed by atoms with Gasteiger partial charge in [0.05, 0.1) is 22.0 Å². The Morgan fingerprint density at radius 2 is 1.30 bits per heavy atom. The fourth-order valence-corrected chi connectivity index (χ4v) is 4.20. The first-order valence-corrected chi connectivity index (χ1v) is 10.5. The van der Waals surface area contributed by atoms with Gasteiger partial charge in [-0.3, -0.25) is 29.9 Å². The molecule has 0 spiro atoms. The molecule has 3 aromatic rings. The molecule has 0 radical (unpaired) electrons. The molecule has 1 saturated heterocycles. The highest BCUT2D eigenvalue weighted by molar-refractivity contribution is 5.98. The van der Waals surface area contributed by atoms with Gasteiger partial charge < -0.3 is 4.90 Å². The van der Waals surface area contributed by atoms with Crippen LogP contribution in [0.4, 0.5) is 11.4 Å². The highest BCUT2D eigenvalue weighted by Gasteiger charge is 2.32. The highest BCUT2D eigenvalue weighted by Crippen LogP contribution is 2.31. The molecule has 0 N–H and O–H groups in total. The monoisotopic (exact) mass is 446 g/mol. The first kappa shape index (κ1) is 22.1. The van der Waals surface area contributed by atoms with E-state index < -0.39 is 27.1 Å². The third-order valence-corrected chi connectivity index (χ3v) is 5.82. The van der Waals surface area contributed by atoms with Crippen LogP contribution in [0.15, 0.2) is 78.9 Å². The average Bonchev–Trinajstić information content (AvgIpc) is 2.85. The van der Waals surface area contributed by atoms with Crippen LogP contribution in [0.1, 0.15) is 27.5 Å². The third-order valence-electron chi connectivity index (χ3n) is 5.82. The van der Waals surface area contributed by atoms with E-state index in [1.165, 1.54) is 6.07 Å². The zero-order chi connectivity index (χ0) is 23.4. The summed E-state index contributed by atoms with van der Waals surface area (Å²) in [7, 11) is 0. The molecule has 0 aliphatic carbocycles. The van der Waals surface area contributed by atoms with Crippen molar-refractivity contribution in [2.24, 2.45) is 0 Å². The Morgan fingerprint density at radius 3 is 1.79 bits per heavy atom. The summed E-state index contributed by atoms with van der Waals surface area (Å²) in [6, 6.07) is 23.4. The van der Waals surface area contributed by atoms with Crippen LogP contribution in [0.5, 0.6) is 0 Å². The Morgan fingerprint density at radius 1 is 0.758 bits per heavy atom. The SMILES string of the molecule is O=C(c1ccc([N+](=O)[O-])cc1[N+](=O)[O-])N1CCN(C(c2ccccc2)c2ccccc2)CC1. The molecular formula is C24H22N4O5. The maximum atomic E-state index is 13.1. The highest BCUT2D eigenvalue weighted by atomic mass is 16.6. The molecule has 0 saturated carbocycles. The number of benzene rings is 3. The second kappa shape index (κ2) is 9.58. The Kier molecular flexibility index (Phi) is 6.41. The van der Waals surface area contributed by atoms with Crippen LogP contribution < -0.4 is 0 Å². The van der Waals surface area contributed by atoms with Gasteiger partial charge in [-0.2, -0.15) is 0 Å². The van der Waals surface area contributed by atoms with Crippen molar-refractivity contribution in [1.29, 1.82) is 0 Å². The molecule has 0 unspecified atom stereocenters. The van der Waals surface area contributed by atoms with E-state index in [9.17, 15) is 25.0 Å². The summed E-state index contributed by atoms with van der Waals surface area (Å²) >= 11 is 0. The molecule has 33 heavy (non-hydrogen) atoms. The van der Waals surface area contributed by atoms with E-state index in [2.05, 4.69) is 29.2 Å². The molecule has 1 amide bonds. The van der Waals surface area contributed by atoms with Gasteiger partial charge >= 0.3 is 0 Å². The number of hydrogen-bond donors (Lipinski definition) is 0. The minimum Gasteiger partial charge on any atom is -0.336 e. The number of nitrogens with zero attached hydrogens (tertiary/aromatic N) is 4. The summed E-state index contributed by atoms with van der Waals surface area (Å²) in [6.45, 7) is 1.95. The van der Waals surface area contributed by atoms with Crippen molar-refractivity contribution in [2.45, 2.75) is 6.04 Å². The van der Waals surface area contributed by atoms with Crippen molar-refractivity contribution >= 4 is 17.3 Å². The topological polar surface area (TPSA) is 110 Å². The number of carbonyl (C=O) groups excluding carboxylic acids is 1. The predicted molar refractivity (Wildman–Crippen MR) is 122 cm³/mol. The standard InChI is InChI=1S/C24H22N4O5/c29-24(21-12-11-20(27(30)31)17-22(21)28(32)33)26-15-13-25(14-16-26)23(18-7-3-1-4-8-18)19-9-5-2-6-10-19/h1-12,17,23H,13-16H2. The van der Waals surface area contributed by atoms with Crippen LogP contribution in [0.25, 0.3) is 0 Å². The van der Waals surface area contributed by atoms with Crippen molar-refractivity contribution in [3.8, 4) is 0 Å². The molecule has 1 fully saturated rings. The van der Waals surface area contributed by atoms with Crippen LogP contribution in [0, 0.1) is 20.2 Å². The number of nitro groups is 2. The molecule has 9 nitrogen and oxygen atoms in total. The van der Waals surface area contributed by atoms with Crippen LogP contribution in [0.3, 0.4) is 0 Å². The predicted octanol–water partition coefficient (Wildman–Crippen LogP) is 4.05. The number of rotatable bonds is 6. The molecule has 3 aromatic carbocycles. The summed E-state index contributed by atoms with van der Waals surface area (Å²) in [5.74, 6) is -0.493. The normalized spacial score (nSPS) is 14.3. The quantitative estimate of drug-likeness (QED) is 0.417. The van der Waals surface area contributed by atoms with Gasteiger partial charge in [-0.25, -0.2) is 0 Å². The van der Waals surface area contributed by atoms with E-state index in [1.54, 1.807) is 4.90 Å². The van der Waals surface area contributed by atoms with Gasteiger partial charge in [0.15, 0.2) is 0 Å². The molecule has 4 rings (SSSR count). The van der Waals surface area contributed by atoms with E-state index in [1.807, 2.05) is 36.4 Å². The molecule has 168 valence electrons. The van der Waals surface area contributed by atoms with E-state index in [0.717, 1.165) is 23.3 Å². The maximum Gasteiger partial charge on any atom is 0.289 e. The molecule has 9 heteroatoms. The number of nitro benzene ring substituents is 2. The Labute approximate surface area is 190 Å². The van der Waals surface area contributed by atoms with E-state index in [-0.39, 0.29) is 11.6 Å². The lowest BCUT2D eigenvalue weighted by atomic mass is 9.96. The number of hydrogen-bond acceptors (Lipinski definition) is 6. The van der Waals surface area contributed by atoms with Crippen molar-refractivity contribution in [3.63, 3.8) is 0 Å². The van der Waals surface area contributed by atoms with Crippen molar-refractivity contribution in [1.82, 2.24) is 9.80 Å². The second-order valence-electron chi connectivity index (χ2n) is 7.77. The van der Waals surface area contributed by atoms with Crippen LogP contribution >= 0.6 is 0 Å². The van der Waals surface area contributed by atoms with Crippen molar-refractivity contribution in [3.05, 3.63) is 116 Å². The number of non-ortho nitro benzene ring substituents is 1. The molecule has 0 aromatic heterocycles. The van der Waals surface area contributed by atoms with E-state index in [4.69, 9.17) is 0 Å². The van der Waals surface area contributed by atoms with Gasteiger partial charge in [0.25, 0.3) is 17.3 Å². The summed E-state index contributed by atoms with van der Waals surface area (Å²) in [5, 5.41) is 22.4. The first-order chi connectivity index (χ1) is 16.0. The summed E-state index contributed by atoms with van der Waals surface area (Å²) in [6.07, 6.45) is 0. The number of amides is 1. The Bertz CT molecular complexity index is 1120.